The molecule has 3 nitrogen and oxygen atoms in total. The summed E-state index contributed by atoms with van der Waals surface area (Å²) in [6, 6.07) is 12.7. The summed E-state index contributed by atoms with van der Waals surface area (Å²) in [5.74, 6) is -0.313. The maximum atomic E-state index is 11.9. The van der Waals surface area contributed by atoms with Crippen LogP contribution in [-0.2, 0) is 9.53 Å². The van der Waals surface area contributed by atoms with Gasteiger partial charge in [0, 0.05) is 5.02 Å². The third-order valence-electron chi connectivity index (χ3n) is 3.16. The predicted octanol–water partition coefficient (Wildman–Crippen LogP) is 4.65. The molecule has 110 valence electrons. The Morgan fingerprint density at radius 1 is 1.09 bits per heavy atom. The SMILES string of the molecule is Cc1ccc(/C=C2\N=C(c3ccc(Cl)cc3Cl)OC2=O)cc1. The average molecular weight is 332 g/mol. The van der Waals surface area contributed by atoms with Gasteiger partial charge in [0.05, 0.1) is 10.6 Å². The van der Waals surface area contributed by atoms with E-state index in [2.05, 4.69) is 4.99 Å². The van der Waals surface area contributed by atoms with Crippen molar-refractivity contribution in [3.63, 3.8) is 0 Å². The molecule has 0 aromatic heterocycles. The highest BCUT2D eigenvalue weighted by atomic mass is 35.5. The van der Waals surface area contributed by atoms with Crippen molar-refractivity contribution in [2.45, 2.75) is 6.92 Å². The molecule has 0 aliphatic carbocycles. The molecule has 1 heterocycles. The number of benzene rings is 2. The van der Waals surface area contributed by atoms with E-state index in [0.717, 1.165) is 11.1 Å². The molecule has 0 saturated heterocycles. The van der Waals surface area contributed by atoms with Gasteiger partial charge in [-0.1, -0.05) is 53.0 Å². The highest BCUT2D eigenvalue weighted by Crippen LogP contribution is 2.26. The Balaban J connectivity index is 1.96. The lowest BCUT2D eigenvalue weighted by Gasteiger charge is -2.02. The van der Waals surface area contributed by atoms with Crippen molar-refractivity contribution < 1.29 is 9.53 Å². The summed E-state index contributed by atoms with van der Waals surface area (Å²) >= 11 is 12.0. The van der Waals surface area contributed by atoms with Crippen LogP contribution >= 0.6 is 23.2 Å². The molecule has 0 saturated carbocycles. The van der Waals surface area contributed by atoms with Gasteiger partial charge in [-0.05, 0) is 36.8 Å². The number of cyclic esters (lactones) is 1. The van der Waals surface area contributed by atoms with Crippen molar-refractivity contribution in [3.05, 3.63) is 74.9 Å². The molecule has 2 aromatic rings. The molecule has 0 atom stereocenters. The molecule has 2 aromatic carbocycles. The standard InChI is InChI=1S/C17H11Cl2NO2/c1-10-2-4-11(5-3-10)8-15-17(21)22-16(20-15)13-7-6-12(18)9-14(13)19/h2-9H,1H3/b15-8-. The molecule has 3 rings (SSSR count). The zero-order chi connectivity index (χ0) is 15.7. The van der Waals surface area contributed by atoms with Crippen molar-refractivity contribution in [2.75, 3.05) is 0 Å². The average Bonchev–Trinajstić information content (AvgIpc) is 2.82. The van der Waals surface area contributed by atoms with Crippen molar-refractivity contribution in [1.82, 2.24) is 0 Å². The van der Waals surface area contributed by atoms with Crippen LogP contribution in [0.5, 0.6) is 0 Å². The maximum absolute atomic E-state index is 11.9. The second-order valence-corrected chi connectivity index (χ2v) is 5.71. The van der Waals surface area contributed by atoms with Crippen molar-refractivity contribution in [1.29, 1.82) is 0 Å². The number of carbonyl (C=O) groups excluding carboxylic acids is 1. The van der Waals surface area contributed by atoms with Crippen molar-refractivity contribution in [3.8, 4) is 0 Å². The summed E-state index contributed by atoms with van der Waals surface area (Å²) in [5, 5.41) is 0.893. The molecule has 0 unspecified atom stereocenters. The molecule has 1 aliphatic heterocycles. The van der Waals surface area contributed by atoms with E-state index in [0.29, 0.717) is 15.6 Å². The van der Waals surface area contributed by atoms with E-state index in [-0.39, 0.29) is 11.6 Å². The van der Waals surface area contributed by atoms with Crippen LogP contribution in [0.25, 0.3) is 6.08 Å². The van der Waals surface area contributed by atoms with Gasteiger partial charge in [0.1, 0.15) is 0 Å². The van der Waals surface area contributed by atoms with Gasteiger partial charge in [-0.15, -0.1) is 0 Å². The molecular weight excluding hydrogens is 321 g/mol. The maximum Gasteiger partial charge on any atom is 0.363 e. The van der Waals surface area contributed by atoms with Gasteiger partial charge < -0.3 is 4.74 Å². The number of rotatable bonds is 2. The first kappa shape index (κ1) is 14.8. The summed E-state index contributed by atoms with van der Waals surface area (Å²) in [6.07, 6.45) is 1.68. The Morgan fingerprint density at radius 2 is 1.82 bits per heavy atom. The van der Waals surface area contributed by atoms with Gasteiger partial charge in [0.2, 0.25) is 5.90 Å². The van der Waals surface area contributed by atoms with Crippen LogP contribution in [0.15, 0.2) is 53.2 Å². The number of nitrogens with zero attached hydrogens (tertiary/aromatic N) is 1. The van der Waals surface area contributed by atoms with Crippen LogP contribution in [0.1, 0.15) is 16.7 Å². The van der Waals surface area contributed by atoms with Crippen LogP contribution < -0.4 is 0 Å². The second kappa shape index (κ2) is 5.95. The number of ether oxygens (including phenoxy) is 1. The Labute approximate surface area is 137 Å². The zero-order valence-corrected chi connectivity index (χ0v) is 13.2. The fourth-order valence-electron chi connectivity index (χ4n) is 2.01. The topological polar surface area (TPSA) is 38.7 Å². The molecule has 5 heteroatoms. The largest absolute Gasteiger partial charge is 0.402 e. The van der Waals surface area contributed by atoms with Gasteiger partial charge in [-0.2, -0.15) is 0 Å². The van der Waals surface area contributed by atoms with Crippen LogP contribution in [-0.4, -0.2) is 11.9 Å². The number of aryl methyl sites for hydroxylation is 1. The molecule has 0 amide bonds. The summed E-state index contributed by atoms with van der Waals surface area (Å²) in [6.45, 7) is 2.00. The lowest BCUT2D eigenvalue weighted by molar-refractivity contribution is -0.129. The monoisotopic (exact) mass is 331 g/mol. The number of hydrogen-bond donors (Lipinski definition) is 0. The van der Waals surface area contributed by atoms with E-state index in [1.807, 2.05) is 31.2 Å². The Bertz CT molecular complexity index is 808. The van der Waals surface area contributed by atoms with E-state index >= 15 is 0 Å². The van der Waals surface area contributed by atoms with Crippen LogP contribution in [0, 0.1) is 6.92 Å². The van der Waals surface area contributed by atoms with Crippen LogP contribution in [0.4, 0.5) is 0 Å². The van der Waals surface area contributed by atoms with Crippen molar-refractivity contribution in [2.24, 2.45) is 4.99 Å². The summed E-state index contributed by atoms with van der Waals surface area (Å²) in [7, 11) is 0. The molecule has 0 bridgehead atoms. The van der Waals surface area contributed by atoms with Gasteiger partial charge in [-0.25, -0.2) is 9.79 Å². The van der Waals surface area contributed by atoms with Gasteiger partial charge >= 0.3 is 5.97 Å². The predicted molar refractivity (Wildman–Crippen MR) is 88.2 cm³/mol. The fraction of sp³-hybridized carbons (Fsp3) is 0.0588. The first-order chi connectivity index (χ1) is 10.5. The molecule has 22 heavy (non-hydrogen) atoms. The Kier molecular flexibility index (Phi) is 4.01. The van der Waals surface area contributed by atoms with Gasteiger partial charge in [0.15, 0.2) is 5.70 Å². The summed E-state index contributed by atoms with van der Waals surface area (Å²) < 4.78 is 5.19. The van der Waals surface area contributed by atoms with Crippen molar-refractivity contribution >= 4 is 41.1 Å². The van der Waals surface area contributed by atoms with Gasteiger partial charge in [-0.3, -0.25) is 0 Å². The minimum Gasteiger partial charge on any atom is -0.402 e. The van der Waals surface area contributed by atoms with E-state index in [1.165, 1.54) is 0 Å². The van der Waals surface area contributed by atoms with E-state index in [9.17, 15) is 4.79 Å². The van der Waals surface area contributed by atoms with E-state index in [1.54, 1.807) is 24.3 Å². The number of aliphatic imine (C=N–C) groups is 1. The highest BCUT2D eigenvalue weighted by Gasteiger charge is 2.25. The normalized spacial score (nSPS) is 15.9. The minimum absolute atomic E-state index is 0.185. The lowest BCUT2D eigenvalue weighted by atomic mass is 10.1. The first-order valence-corrected chi connectivity index (χ1v) is 7.33. The smallest absolute Gasteiger partial charge is 0.363 e. The second-order valence-electron chi connectivity index (χ2n) is 4.87. The lowest BCUT2D eigenvalue weighted by Crippen LogP contribution is -2.05. The molecule has 1 aliphatic rings. The van der Waals surface area contributed by atoms with Crippen LogP contribution in [0.3, 0.4) is 0 Å². The number of esters is 1. The molecule has 0 radical (unpaired) electrons. The Morgan fingerprint density at radius 3 is 2.50 bits per heavy atom. The number of carbonyl (C=O) groups is 1. The molecule has 0 fully saturated rings. The van der Waals surface area contributed by atoms with Gasteiger partial charge in [0.25, 0.3) is 0 Å². The summed E-state index contributed by atoms with van der Waals surface area (Å²) in [5.41, 5.74) is 2.80. The quantitative estimate of drug-likeness (QED) is 0.593. The number of halogens is 2. The third kappa shape index (κ3) is 3.06. The zero-order valence-electron chi connectivity index (χ0n) is 11.6. The molecule has 0 spiro atoms. The van der Waals surface area contributed by atoms with Crippen LogP contribution in [0.2, 0.25) is 10.0 Å². The first-order valence-electron chi connectivity index (χ1n) is 6.57. The molecule has 0 N–H and O–H groups in total. The van der Waals surface area contributed by atoms with E-state index < -0.39 is 5.97 Å². The minimum atomic E-state index is -0.499. The highest BCUT2D eigenvalue weighted by molar-refractivity contribution is 6.37. The molecular formula is C17H11Cl2NO2. The third-order valence-corrected chi connectivity index (χ3v) is 3.71. The fourth-order valence-corrected chi connectivity index (χ4v) is 2.50. The number of hydrogen-bond acceptors (Lipinski definition) is 3. The summed E-state index contributed by atoms with van der Waals surface area (Å²) in [4.78, 5) is 16.2. The van der Waals surface area contributed by atoms with E-state index in [4.69, 9.17) is 27.9 Å². The Hall–Kier alpha value is -2.10.